The third kappa shape index (κ3) is 1.86. The summed E-state index contributed by atoms with van der Waals surface area (Å²) in [5.41, 5.74) is -0.988. The molecule has 1 saturated heterocycles. The molecule has 6 heteroatoms. The Morgan fingerprint density at radius 3 is 2.43 bits per heavy atom. The van der Waals surface area contributed by atoms with Gasteiger partial charge in [-0.15, -0.1) is 0 Å². The normalized spacial score (nSPS) is 25.7. The van der Waals surface area contributed by atoms with Crippen LogP contribution in [0.4, 0.5) is 0 Å². The lowest BCUT2D eigenvalue weighted by Gasteiger charge is -2.36. The number of allylic oxidation sites excluding steroid dienone is 1. The van der Waals surface area contributed by atoms with Crippen LogP contribution in [0.15, 0.2) is 39.2 Å². The Balaban J connectivity index is 2.22. The monoisotopic (exact) mass is 350 g/mol. The molecular weight excluding hydrogens is 334 g/mol. The number of hydrogen-bond acceptors (Lipinski definition) is 4. The Labute approximate surface area is 131 Å². The Morgan fingerprint density at radius 2 is 1.86 bits per heavy atom. The van der Waals surface area contributed by atoms with Crippen molar-refractivity contribution in [1.82, 2.24) is 10.1 Å². The van der Waals surface area contributed by atoms with E-state index in [2.05, 4.69) is 20.9 Å². The second-order valence-corrected chi connectivity index (χ2v) is 7.31. The van der Waals surface area contributed by atoms with Crippen LogP contribution in [0.25, 0.3) is 6.08 Å². The van der Waals surface area contributed by atoms with E-state index in [1.54, 1.807) is 0 Å². The molecule has 0 saturated carbocycles. The highest BCUT2D eigenvalue weighted by molar-refractivity contribution is 9.10. The van der Waals surface area contributed by atoms with Gasteiger partial charge in [0.25, 0.3) is 0 Å². The first-order valence-corrected chi connectivity index (χ1v) is 7.52. The Morgan fingerprint density at radius 1 is 1.19 bits per heavy atom. The fourth-order valence-corrected chi connectivity index (χ4v) is 2.84. The van der Waals surface area contributed by atoms with Crippen molar-refractivity contribution in [2.75, 3.05) is 0 Å². The van der Waals surface area contributed by atoms with Crippen molar-refractivity contribution in [3.63, 3.8) is 0 Å². The van der Waals surface area contributed by atoms with Gasteiger partial charge >= 0.3 is 0 Å². The molecule has 0 aliphatic carbocycles. The third-order valence-electron chi connectivity index (χ3n) is 4.68. The number of rotatable bonds is 0. The average Bonchev–Trinajstić information content (AvgIpc) is 2.84. The molecule has 21 heavy (non-hydrogen) atoms. The van der Waals surface area contributed by atoms with Gasteiger partial charge in [-0.2, -0.15) is 5.06 Å². The van der Waals surface area contributed by atoms with Gasteiger partial charge in [0.15, 0.2) is 5.82 Å². The van der Waals surface area contributed by atoms with Gasteiger partial charge in [-0.05, 0) is 45.9 Å². The molecule has 0 aromatic heterocycles. The molecule has 0 amide bonds. The summed E-state index contributed by atoms with van der Waals surface area (Å²) in [7, 11) is 0. The van der Waals surface area contributed by atoms with Crippen LogP contribution in [0.3, 0.4) is 0 Å². The molecule has 0 bridgehead atoms. The summed E-state index contributed by atoms with van der Waals surface area (Å²) >= 11 is 3.41. The molecule has 0 spiro atoms. The van der Waals surface area contributed by atoms with E-state index in [0.29, 0.717) is 5.70 Å². The predicted molar refractivity (Wildman–Crippen MR) is 80.7 cm³/mol. The molecule has 1 N–H and O–H groups in total. The smallest absolute Gasteiger partial charge is 0.183 e. The number of nitrogens with zero attached hydrogens (tertiary/aromatic N) is 3. The maximum absolute atomic E-state index is 12.6. The van der Waals surface area contributed by atoms with Gasteiger partial charge in [-0.3, -0.25) is 5.21 Å². The molecule has 1 radical (unpaired) electrons. The predicted octanol–water partition coefficient (Wildman–Crippen LogP) is 1.94. The van der Waals surface area contributed by atoms with Crippen molar-refractivity contribution in [1.29, 1.82) is 0 Å². The zero-order valence-corrected chi connectivity index (χ0v) is 14.0. The van der Waals surface area contributed by atoms with Crippen LogP contribution in [-0.2, 0) is 5.21 Å². The minimum absolute atomic E-state index is 0.192. The maximum Gasteiger partial charge on any atom is 0.183 e. The molecule has 0 unspecified atom stereocenters. The highest BCUT2D eigenvalue weighted by atomic mass is 79.9. The fourth-order valence-electron chi connectivity index (χ4n) is 2.50. The molecule has 2 aliphatic heterocycles. The number of fused-ring (bicyclic) bond motifs is 1. The summed E-state index contributed by atoms with van der Waals surface area (Å²) in [6.07, 6.45) is 1.82. The number of halogens is 1. The van der Waals surface area contributed by atoms with E-state index < -0.39 is 11.1 Å². The molecule has 1 aromatic carbocycles. The van der Waals surface area contributed by atoms with Crippen LogP contribution < -0.4 is 10.6 Å². The largest absolute Gasteiger partial charge is 0.286 e. The minimum Gasteiger partial charge on any atom is -0.286 e. The highest BCUT2D eigenvalue weighted by Crippen LogP contribution is 2.44. The quantitative estimate of drug-likeness (QED) is 0.777. The number of benzene rings is 1. The lowest BCUT2D eigenvalue weighted by atomic mass is 9.84. The standard InChI is InChI=1S/C15H17BrN3O2/c1-14(2)15(3,4)19(21)13(18(14)20)12-7-9-5-6-10(16)8-11(9)17-12/h5-8,20H,1-4H3/b13-12+. The van der Waals surface area contributed by atoms with Crippen LogP contribution >= 0.6 is 15.9 Å². The van der Waals surface area contributed by atoms with Crippen LogP contribution in [0.1, 0.15) is 27.7 Å². The van der Waals surface area contributed by atoms with Crippen molar-refractivity contribution in [2.45, 2.75) is 38.8 Å². The van der Waals surface area contributed by atoms with E-state index in [1.165, 1.54) is 0 Å². The van der Waals surface area contributed by atoms with E-state index in [-0.39, 0.29) is 5.82 Å². The average molecular weight is 351 g/mol. The van der Waals surface area contributed by atoms with Crippen LogP contribution in [0.5, 0.6) is 0 Å². The van der Waals surface area contributed by atoms with Gasteiger partial charge < -0.3 is 0 Å². The van der Waals surface area contributed by atoms with Crippen molar-refractivity contribution < 1.29 is 10.4 Å². The van der Waals surface area contributed by atoms with Gasteiger partial charge in [0.05, 0.1) is 16.4 Å². The van der Waals surface area contributed by atoms with Gasteiger partial charge in [0, 0.05) is 9.69 Å². The molecular formula is C15H17BrN3O2. The first-order chi connectivity index (χ1) is 9.66. The molecule has 1 fully saturated rings. The van der Waals surface area contributed by atoms with Crippen LogP contribution in [0.2, 0.25) is 0 Å². The van der Waals surface area contributed by atoms with Gasteiger partial charge in [0.2, 0.25) is 0 Å². The van der Waals surface area contributed by atoms with E-state index >= 15 is 0 Å². The van der Waals surface area contributed by atoms with Crippen LogP contribution in [-0.4, -0.2) is 26.4 Å². The topological polar surface area (TPSA) is 59.0 Å². The Hall–Kier alpha value is -1.37. The summed E-state index contributed by atoms with van der Waals surface area (Å²) in [6.45, 7) is 7.30. The van der Waals surface area contributed by atoms with Gasteiger partial charge in [-0.1, -0.05) is 27.2 Å². The summed E-state index contributed by atoms with van der Waals surface area (Å²) in [4.78, 5) is 4.48. The molecule has 2 heterocycles. The zero-order valence-electron chi connectivity index (χ0n) is 12.4. The van der Waals surface area contributed by atoms with Gasteiger partial charge in [0.1, 0.15) is 5.70 Å². The Bertz CT molecular complexity index is 746. The molecule has 5 nitrogen and oxygen atoms in total. The van der Waals surface area contributed by atoms with E-state index in [4.69, 9.17) is 0 Å². The van der Waals surface area contributed by atoms with E-state index in [1.807, 2.05) is 52.0 Å². The van der Waals surface area contributed by atoms with Crippen molar-refractivity contribution >= 4 is 22.0 Å². The molecule has 1 aromatic rings. The first kappa shape index (κ1) is 14.6. The van der Waals surface area contributed by atoms with E-state index in [0.717, 1.165) is 25.2 Å². The first-order valence-electron chi connectivity index (χ1n) is 6.73. The fraction of sp³-hybridized carbons (Fsp3) is 0.400. The second-order valence-electron chi connectivity index (χ2n) is 6.39. The number of hydroxylamine groups is 4. The number of hydrogen-bond donors (Lipinski definition) is 1. The third-order valence-corrected chi connectivity index (χ3v) is 5.18. The highest BCUT2D eigenvalue weighted by Gasteiger charge is 2.57. The summed E-state index contributed by atoms with van der Waals surface area (Å²) in [5.74, 6) is 0.192. The summed E-state index contributed by atoms with van der Waals surface area (Å²) < 4.78 is 0.927. The molecule has 111 valence electrons. The van der Waals surface area contributed by atoms with Gasteiger partial charge in [-0.25, -0.2) is 10.1 Å². The van der Waals surface area contributed by atoms with Crippen molar-refractivity contribution in [2.24, 2.45) is 4.99 Å². The minimum atomic E-state index is -0.761. The lowest BCUT2D eigenvalue weighted by Crippen LogP contribution is -2.52. The summed E-state index contributed by atoms with van der Waals surface area (Å²) in [5, 5.41) is 26.7. The molecule has 0 atom stereocenters. The second kappa shape index (κ2) is 4.32. The summed E-state index contributed by atoms with van der Waals surface area (Å²) in [6, 6.07) is 5.74. The van der Waals surface area contributed by atoms with Crippen molar-refractivity contribution in [3.05, 3.63) is 44.8 Å². The lowest BCUT2D eigenvalue weighted by molar-refractivity contribution is -0.181. The van der Waals surface area contributed by atoms with Crippen molar-refractivity contribution in [3.8, 4) is 0 Å². The molecule has 2 aliphatic rings. The zero-order chi connectivity index (χ0) is 15.6. The molecule has 3 rings (SSSR count). The maximum atomic E-state index is 12.6. The van der Waals surface area contributed by atoms with Crippen LogP contribution in [0, 0.1) is 0 Å². The Kier molecular flexibility index (Phi) is 2.99. The SMILES string of the molecule is CC1(C)N([O])/C(=C2\C=c3ccc(Br)cc3=N2)N(O)C1(C)C. The van der Waals surface area contributed by atoms with E-state index in [9.17, 15) is 10.4 Å².